The van der Waals surface area contributed by atoms with Gasteiger partial charge >= 0.3 is 0 Å². The van der Waals surface area contributed by atoms with Gasteiger partial charge in [-0.05, 0) is 26.4 Å². The lowest BCUT2D eigenvalue weighted by molar-refractivity contribution is 0.106. The minimum atomic E-state index is -0.226. The van der Waals surface area contributed by atoms with Crippen LogP contribution in [-0.2, 0) is 7.05 Å². The summed E-state index contributed by atoms with van der Waals surface area (Å²) in [6.45, 7) is 6.21. The van der Waals surface area contributed by atoms with Crippen LogP contribution >= 0.6 is 11.6 Å². The van der Waals surface area contributed by atoms with Crippen molar-refractivity contribution in [2.45, 2.75) is 18.9 Å². The lowest BCUT2D eigenvalue weighted by atomic mass is 10.0. The molecule has 6 nitrogen and oxygen atoms in total. The van der Waals surface area contributed by atoms with Gasteiger partial charge in [0.15, 0.2) is 0 Å². The van der Waals surface area contributed by atoms with E-state index in [1.807, 2.05) is 0 Å². The molecule has 22 heavy (non-hydrogen) atoms. The Bertz CT molecular complexity index is 582. The van der Waals surface area contributed by atoms with E-state index in [1.54, 1.807) is 13.2 Å². The summed E-state index contributed by atoms with van der Waals surface area (Å²) in [5.74, 6) is 0. The highest BCUT2D eigenvalue weighted by Crippen LogP contribution is 2.24. The summed E-state index contributed by atoms with van der Waals surface area (Å²) in [6.07, 6.45) is 4.28. The number of likely N-dealkylation sites (N-methyl/N-ethyl adjacent to an activating group) is 1. The number of hydrogen-bond acceptors (Lipinski definition) is 5. The van der Waals surface area contributed by atoms with Crippen LogP contribution in [0.3, 0.4) is 0 Å². The lowest BCUT2D eigenvalue weighted by Crippen LogP contribution is -2.54. The normalized spacial score (nSPS) is 24.7. The van der Waals surface area contributed by atoms with E-state index < -0.39 is 0 Å². The van der Waals surface area contributed by atoms with Crippen molar-refractivity contribution in [3.8, 4) is 0 Å². The van der Waals surface area contributed by atoms with E-state index >= 15 is 0 Å². The fraction of sp³-hybridized carbons (Fsp3) is 0.733. The van der Waals surface area contributed by atoms with Crippen molar-refractivity contribution in [1.29, 1.82) is 0 Å². The van der Waals surface area contributed by atoms with E-state index in [0.717, 1.165) is 38.4 Å². The number of piperidine rings is 1. The molecule has 0 bridgehead atoms. The summed E-state index contributed by atoms with van der Waals surface area (Å²) in [7, 11) is 3.82. The molecule has 0 radical (unpaired) electrons. The van der Waals surface area contributed by atoms with Crippen LogP contribution < -0.4 is 10.5 Å². The highest BCUT2D eigenvalue weighted by atomic mass is 35.5. The Labute approximate surface area is 136 Å². The molecule has 0 amide bonds. The van der Waals surface area contributed by atoms with Crippen LogP contribution in [0.5, 0.6) is 0 Å². The number of rotatable bonds is 2. The number of aryl methyl sites for hydroxylation is 1. The Morgan fingerprint density at radius 2 is 1.91 bits per heavy atom. The van der Waals surface area contributed by atoms with Crippen LogP contribution in [-0.4, -0.2) is 71.9 Å². The zero-order valence-electron chi connectivity index (χ0n) is 13.3. The number of halogens is 1. The third-order valence-electron chi connectivity index (χ3n) is 4.83. The predicted octanol–water partition coefficient (Wildman–Crippen LogP) is 0.650. The summed E-state index contributed by atoms with van der Waals surface area (Å²) in [5.41, 5.74) is 0.542. The standard InChI is InChI=1S/C15H24ClN5O/c1-18-5-3-4-12(11-18)20-6-8-21(9-7-20)13-10-17-19(2)15(22)14(13)16/h10,12H,3-9,11H2,1-2H3. The molecule has 1 aromatic heterocycles. The lowest BCUT2D eigenvalue weighted by Gasteiger charge is -2.43. The van der Waals surface area contributed by atoms with Gasteiger partial charge in [0, 0.05) is 45.8 Å². The zero-order valence-corrected chi connectivity index (χ0v) is 14.1. The van der Waals surface area contributed by atoms with Crippen LogP contribution in [0.25, 0.3) is 0 Å². The number of nitrogens with zero attached hydrogens (tertiary/aromatic N) is 5. The number of piperazine rings is 1. The molecule has 0 aromatic carbocycles. The summed E-state index contributed by atoms with van der Waals surface area (Å²) < 4.78 is 1.28. The number of likely N-dealkylation sites (tertiary alicyclic amines) is 1. The van der Waals surface area contributed by atoms with E-state index in [4.69, 9.17) is 11.6 Å². The average molecular weight is 326 g/mol. The van der Waals surface area contributed by atoms with E-state index in [2.05, 4.69) is 26.8 Å². The molecule has 2 fully saturated rings. The van der Waals surface area contributed by atoms with Gasteiger partial charge in [-0.25, -0.2) is 4.68 Å². The largest absolute Gasteiger partial charge is 0.366 e. The van der Waals surface area contributed by atoms with Gasteiger partial charge in [-0.1, -0.05) is 11.6 Å². The third-order valence-corrected chi connectivity index (χ3v) is 5.19. The molecule has 2 aliphatic rings. The van der Waals surface area contributed by atoms with Crippen LogP contribution in [0.15, 0.2) is 11.0 Å². The number of hydrogen-bond donors (Lipinski definition) is 0. The molecule has 1 unspecified atom stereocenters. The molecule has 0 aliphatic carbocycles. The molecule has 2 aliphatic heterocycles. The van der Waals surface area contributed by atoms with Gasteiger partial charge in [-0.3, -0.25) is 9.69 Å². The first-order valence-electron chi connectivity index (χ1n) is 7.95. The second-order valence-corrected chi connectivity index (χ2v) is 6.73. The topological polar surface area (TPSA) is 44.6 Å². The van der Waals surface area contributed by atoms with Gasteiger partial charge in [0.2, 0.25) is 0 Å². The molecular weight excluding hydrogens is 302 g/mol. The molecular formula is C15H24ClN5O. The monoisotopic (exact) mass is 325 g/mol. The zero-order chi connectivity index (χ0) is 15.7. The highest BCUT2D eigenvalue weighted by Gasteiger charge is 2.27. The maximum atomic E-state index is 11.9. The quantitative estimate of drug-likeness (QED) is 0.799. The Morgan fingerprint density at radius 1 is 1.18 bits per heavy atom. The minimum Gasteiger partial charge on any atom is -0.366 e. The average Bonchev–Trinajstić information content (AvgIpc) is 2.53. The number of aromatic nitrogens is 2. The minimum absolute atomic E-state index is 0.226. The van der Waals surface area contributed by atoms with Gasteiger partial charge in [0.1, 0.15) is 5.02 Å². The molecule has 122 valence electrons. The molecule has 1 atom stereocenters. The smallest absolute Gasteiger partial charge is 0.287 e. The molecule has 0 spiro atoms. The Kier molecular flexibility index (Phi) is 4.70. The molecule has 3 rings (SSSR count). The predicted molar refractivity (Wildman–Crippen MR) is 88.8 cm³/mol. The first kappa shape index (κ1) is 15.8. The molecule has 1 aromatic rings. The van der Waals surface area contributed by atoms with Gasteiger partial charge in [0.05, 0.1) is 11.9 Å². The highest BCUT2D eigenvalue weighted by molar-refractivity contribution is 6.33. The van der Waals surface area contributed by atoms with E-state index in [1.165, 1.54) is 24.1 Å². The Morgan fingerprint density at radius 3 is 2.59 bits per heavy atom. The SMILES string of the molecule is CN1CCCC(N2CCN(c3cnn(C)c(=O)c3Cl)CC2)C1. The molecule has 0 saturated carbocycles. The van der Waals surface area contributed by atoms with Crippen molar-refractivity contribution in [3.05, 3.63) is 21.6 Å². The summed E-state index contributed by atoms with van der Waals surface area (Å²) in [6, 6.07) is 0.665. The van der Waals surface area contributed by atoms with Gasteiger partial charge in [0.25, 0.3) is 5.56 Å². The fourth-order valence-corrected chi connectivity index (χ4v) is 3.78. The first-order chi connectivity index (χ1) is 10.6. The summed E-state index contributed by atoms with van der Waals surface area (Å²) in [5, 5.41) is 4.37. The van der Waals surface area contributed by atoms with Crippen molar-refractivity contribution >= 4 is 17.3 Å². The van der Waals surface area contributed by atoms with Crippen LogP contribution in [0.4, 0.5) is 5.69 Å². The summed E-state index contributed by atoms with van der Waals surface area (Å²) >= 11 is 6.20. The molecule has 7 heteroatoms. The van der Waals surface area contributed by atoms with Crippen molar-refractivity contribution in [2.24, 2.45) is 7.05 Å². The van der Waals surface area contributed by atoms with Gasteiger partial charge in [-0.15, -0.1) is 0 Å². The van der Waals surface area contributed by atoms with E-state index in [-0.39, 0.29) is 10.6 Å². The Balaban J connectivity index is 1.64. The molecule has 2 saturated heterocycles. The number of anilines is 1. The summed E-state index contributed by atoms with van der Waals surface area (Å²) in [4.78, 5) is 19.1. The molecule has 3 heterocycles. The van der Waals surface area contributed by atoms with E-state index in [9.17, 15) is 4.79 Å². The molecule has 0 N–H and O–H groups in total. The van der Waals surface area contributed by atoms with Crippen LogP contribution in [0.2, 0.25) is 5.02 Å². The maximum Gasteiger partial charge on any atom is 0.287 e. The second kappa shape index (κ2) is 6.56. The first-order valence-corrected chi connectivity index (χ1v) is 8.33. The van der Waals surface area contributed by atoms with Crippen molar-refractivity contribution in [3.63, 3.8) is 0 Å². The van der Waals surface area contributed by atoms with E-state index in [0.29, 0.717) is 6.04 Å². The second-order valence-electron chi connectivity index (χ2n) is 6.35. The fourth-order valence-electron chi connectivity index (χ4n) is 3.49. The third kappa shape index (κ3) is 3.14. The maximum absolute atomic E-state index is 11.9. The van der Waals surface area contributed by atoms with Crippen molar-refractivity contribution in [2.75, 3.05) is 51.2 Å². The van der Waals surface area contributed by atoms with Crippen LogP contribution in [0.1, 0.15) is 12.8 Å². The van der Waals surface area contributed by atoms with Crippen molar-refractivity contribution < 1.29 is 0 Å². The van der Waals surface area contributed by atoms with Gasteiger partial charge in [-0.2, -0.15) is 5.10 Å². The van der Waals surface area contributed by atoms with Crippen LogP contribution in [0, 0.1) is 0 Å². The Hall–Kier alpha value is -1.11. The van der Waals surface area contributed by atoms with Crippen molar-refractivity contribution in [1.82, 2.24) is 19.6 Å². The van der Waals surface area contributed by atoms with Gasteiger partial charge < -0.3 is 9.80 Å².